The third-order valence-electron chi connectivity index (χ3n) is 1.30. The number of hydrogen-bond donors (Lipinski definition) is 1. The fourth-order valence-corrected chi connectivity index (χ4v) is 1.71. The van der Waals surface area contributed by atoms with Crippen molar-refractivity contribution >= 4 is 44.2 Å². The van der Waals surface area contributed by atoms with Crippen LogP contribution in [0.4, 0.5) is 5.69 Å². The van der Waals surface area contributed by atoms with Gasteiger partial charge in [-0.2, -0.15) is 0 Å². The maximum absolute atomic E-state index is 3.42. The van der Waals surface area contributed by atoms with Gasteiger partial charge in [-0.25, -0.2) is 0 Å². The molecular formula is C8H9BrIN. The second kappa shape index (κ2) is 4.30. The highest BCUT2D eigenvalue weighted by Crippen LogP contribution is 2.22. The van der Waals surface area contributed by atoms with Crippen LogP contribution in [0.2, 0.25) is 0 Å². The van der Waals surface area contributed by atoms with E-state index in [0.717, 1.165) is 11.0 Å². The van der Waals surface area contributed by atoms with E-state index in [2.05, 4.69) is 62.9 Å². The lowest BCUT2D eigenvalue weighted by atomic mass is 10.3. The normalized spacial score (nSPS) is 9.73. The first-order valence-corrected chi connectivity index (χ1v) is 5.30. The van der Waals surface area contributed by atoms with Gasteiger partial charge in [-0.1, -0.05) is 15.9 Å². The number of rotatable bonds is 2. The quantitative estimate of drug-likeness (QED) is 0.821. The van der Waals surface area contributed by atoms with E-state index >= 15 is 0 Å². The summed E-state index contributed by atoms with van der Waals surface area (Å²) in [6.45, 7) is 3.06. The third-order valence-corrected chi connectivity index (χ3v) is 2.73. The predicted molar refractivity (Wildman–Crippen MR) is 61.0 cm³/mol. The lowest BCUT2D eigenvalue weighted by Gasteiger charge is -2.05. The summed E-state index contributed by atoms with van der Waals surface area (Å²) >= 11 is 5.74. The summed E-state index contributed by atoms with van der Waals surface area (Å²) in [7, 11) is 0. The van der Waals surface area contributed by atoms with Crippen LogP contribution >= 0.6 is 38.5 Å². The Morgan fingerprint density at radius 2 is 2.27 bits per heavy atom. The second-order valence-electron chi connectivity index (χ2n) is 2.15. The topological polar surface area (TPSA) is 12.0 Å². The van der Waals surface area contributed by atoms with Crippen molar-refractivity contribution in [3.63, 3.8) is 0 Å². The summed E-state index contributed by atoms with van der Waals surface area (Å²) in [6.07, 6.45) is 0. The molecule has 0 aliphatic carbocycles. The molecule has 0 saturated carbocycles. The largest absolute Gasteiger partial charge is 0.384 e. The summed E-state index contributed by atoms with van der Waals surface area (Å²) in [5.74, 6) is 0. The Bertz CT molecular complexity index is 250. The van der Waals surface area contributed by atoms with Gasteiger partial charge in [0.2, 0.25) is 0 Å². The predicted octanol–water partition coefficient (Wildman–Crippen LogP) is 3.49. The van der Waals surface area contributed by atoms with Crippen LogP contribution in [0.25, 0.3) is 0 Å². The maximum Gasteiger partial charge on any atom is 0.0487 e. The molecule has 1 aromatic carbocycles. The van der Waals surface area contributed by atoms with Crippen molar-refractivity contribution in [2.24, 2.45) is 0 Å². The van der Waals surface area contributed by atoms with Crippen LogP contribution in [0.3, 0.4) is 0 Å². The van der Waals surface area contributed by atoms with Crippen LogP contribution < -0.4 is 5.32 Å². The molecule has 1 aromatic rings. The first-order chi connectivity index (χ1) is 5.24. The highest BCUT2D eigenvalue weighted by Gasteiger charge is 1.97. The molecule has 0 bridgehead atoms. The third kappa shape index (κ3) is 2.63. The molecule has 0 atom stereocenters. The number of nitrogens with one attached hydrogen (secondary N) is 1. The van der Waals surface area contributed by atoms with Crippen LogP contribution in [0, 0.1) is 3.57 Å². The van der Waals surface area contributed by atoms with E-state index < -0.39 is 0 Å². The standard InChI is InChI=1S/C8H9BrIN/c1-2-11-8-5-6(9)3-4-7(8)10/h3-5,11H,2H2,1H3. The summed E-state index contributed by atoms with van der Waals surface area (Å²) in [4.78, 5) is 0. The molecule has 0 aliphatic heterocycles. The Labute approximate surface area is 88.8 Å². The van der Waals surface area contributed by atoms with Gasteiger partial charge in [0, 0.05) is 20.3 Å². The van der Waals surface area contributed by atoms with E-state index in [0.29, 0.717) is 0 Å². The van der Waals surface area contributed by atoms with Crippen molar-refractivity contribution in [2.75, 3.05) is 11.9 Å². The Balaban J connectivity index is 2.93. The maximum atomic E-state index is 3.42. The SMILES string of the molecule is CCNc1cc(Br)ccc1I. The molecule has 1 rings (SSSR count). The van der Waals surface area contributed by atoms with Crippen molar-refractivity contribution in [1.29, 1.82) is 0 Å². The Hall–Kier alpha value is 0.230. The van der Waals surface area contributed by atoms with Crippen LogP contribution in [0.5, 0.6) is 0 Å². The van der Waals surface area contributed by atoms with Gasteiger partial charge in [-0.3, -0.25) is 0 Å². The monoisotopic (exact) mass is 325 g/mol. The van der Waals surface area contributed by atoms with Crippen molar-refractivity contribution in [3.8, 4) is 0 Å². The Morgan fingerprint density at radius 1 is 1.55 bits per heavy atom. The average Bonchev–Trinajstić information content (AvgIpc) is 1.98. The first-order valence-electron chi connectivity index (χ1n) is 3.43. The van der Waals surface area contributed by atoms with E-state index in [1.807, 2.05) is 6.07 Å². The first kappa shape index (κ1) is 9.32. The van der Waals surface area contributed by atoms with Gasteiger partial charge in [0.25, 0.3) is 0 Å². The van der Waals surface area contributed by atoms with Crippen LogP contribution in [0.1, 0.15) is 6.92 Å². The van der Waals surface area contributed by atoms with E-state index in [1.165, 1.54) is 9.26 Å². The molecule has 0 aromatic heterocycles. The Morgan fingerprint density at radius 3 is 2.91 bits per heavy atom. The van der Waals surface area contributed by atoms with E-state index in [-0.39, 0.29) is 0 Å². The molecule has 1 N–H and O–H groups in total. The summed E-state index contributed by atoms with van der Waals surface area (Å²) in [6, 6.07) is 6.22. The van der Waals surface area contributed by atoms with E-state index in [4.69, 9.17) is 0 Å². The second-order valence-corrected chi connectivity index (χ2v) is 4.23. The fourth-order valence-electron chi connectivity index (χ4n) is 0.823. The minimum atomic E-state index is 0.965. The van der Waals surface area contributed by atoms with Crippen LogP contribution in [-0.2, 0) is 0 Å². The van der Waals surface area contributed by atoms with Gasteiger partial charge in [0.05, 0.1) is 0 Å². The molecule has 0 heterocycles. The van der Waals surface area contributed by atoms with Crippen molar-refractivity contribution in [2.45, 2.75) is 6.92 Å². The molecule has 0 saturated heterocycles. The minimum Gasteiger partial charge on any atom is -0.384 e. The minimum absolute atomic E-state index is 0.965. The molecule has 1 nitrogen and oxygen atoms in total. The van der Waals surface area contributed by atoms with Crippen molar-refractivity contribution < 1.29 is 0 Å². The average molecular weight is 326 g/mol. The molecule has 0 unspecified atom stereocenters. The number of benzene rings is 1. The summed E-state index contributed by atoms with van der Waals surface area (Å²) < 4.78 is 2.38. The van der Waals surface area contributed by atoms with Crippen LogP contribution in [0.15, 0.2) is 22.7 Å². The zero-order valence-corrected chi connectivity index (χ0v) is 9.94. The number of hydrogen-bond acceptors (Lipinski definition) is 1. The van der Waals surface area contributed by atoms with Crippen molar-refractivity contribution in [3.05, 3.63) is 26.2 Å². The zero-order valence-electron chi connectivity index (χ0n) is 6.20. The lowest BCUT2D eigenvalue weighted by molar-refractivity contribution is 1.21. The summed E-state index contributed by atoms with van der Waals surface area (Å²) in [5, 5.41) is 3.28. The van der Waals surface area contributed by atoms with Crippen LogP contribution in [-0.4, -0.2) is 6.54 Å². The molecule has 0 radical (unpaired) electrons. The van der Waals surface area contributed by atoms with Gasteiger partial charge in [0.1, 0.15) is 0 Å². The smallest absolute Gasteiger partial charge is 0.0487 e. The van der Waals surface area contributed by atoms with Gasteiger partial charge >= 0.3 is 0 Å². The molecule has 60 valence electrons. The highest BCUT2D eigenvalue weighted by molar-refractivity contribution is 14.1. The number of anilines is 1. The lowest BCUT2D eigenvalue weighted by Crippen LogP contribution is -1.98. The molecule has 0 aliphatic rings. The van der Waals surface area contributed by atoms with Crippen molar-refractivity contribution in [1.82, 2.24) is 0 Å². The summed E-state index contributed by atoms with van der Waals surface area (Å²) in [5.41, 5.74) is 1.20. The molecular weight excluding hydrogens is 317 g/mol. The van der Waals surface area contributed by atoms with E-state index in [1.54, 1.807) is 0 Å². The van der Waals surface area contributed by atoms with Gasteiger partial charge in [-0.15, -0.1) is 0 Å². The van der Waals surface area contributed by atoms with E-state index in [9.17, 15) is 0 Å². The molecule has 0 spiro atoms. The molecule has 11 heavy (non-hydrogen) atoms. The molecule has 0 amide bonds. The zero-order chi connectivity index (χ0) is 8.27. The fraction of sp³-hybridized carbons (Fsp3) is 0.250. The molecule has 3 heteroatoms. The molecule has 0 fully saturated rings. The van der Waals surface area contributed by atoms with Gasteiger partial charge in [0.15, 0.2) is 0 Å². The highest BCUT2D eigenvalue weighted by atomic mass is 127. The Kier molecular flexibility index (Phi) is 3.65. The van der Waals surface area contributed by atoms with Gasteiger partial charge < -0.3 is 5.32 Å². The van der Waals surface area contributed by atoms with Gasteiger partial charge in [-0.05, 0) is 47.7 Å². The number of halogens is 2.